The lowest BCUT2D eigenvalue weighted by molar-refractivity contribution is 0.0843. The van der Waals surface area contributed by atoms with E-state index in [0.717, 1.165) is 24.4 Å². The van der Waals surface area contributed by atoms with Crippen LogP contribution in [-0.4, -0.2) is 46.2 Å². The molecule has 2 unspecified atom stereocenters. The number of likely N-dealkylation sites (N-methyl/N-ethyl adjacent to an activating group) is 1. The van der Waals surface area contributed by atoms with E-state index >= 15 is 0 Å². The maximum atomic E-state index is 12.6. The van der Waals surface area contributed by atoms with E-state index in [-0.39, 0.29) is 6.67 Å². The van der Waals surface area contributed by atoms with E-state index < -0.39 is 10.9 Å². The van der Waals surface area contributed by atoms with Crippen LogP contribution < -0.4 is 4.65 Å². The van der Waals surface area contributed by atoms with Crippen LogP contribution in [0.4, 0.5) is 5.13 Å². The van der Waals surface area contributed by atoms with Gasteiger partial charge in [0.1, 0.15) is 11.7 Å². The van der Waals surface area contributed by atoms with Crippen molar-refractivity contribution < 1.29 is 5.11 Å². The monoisotopic (exact) mass is 256 g/mol. The van der Waals surface area contributed by atoms with Gasteiger partial charge >= 0.3 is 5.13 Å². The minimum atomic E-state index is -0.935. The molecule has 94 valence electrons. The fourth-order valence-corrected chi connectivity index (χ4v) is 3.19. The van der Waals surface area contributed by atoms with Crippen molar-refractivity contribution in [3.05, 3.63) is 10.2 Å². The van der Waals surface area contributed by atoms with Crippen LogP contribution in [0, 0.1) is 5.21 Å². The van der Waals surface area contributed by atoms with E-state index in [4.69, 9.17) is 0 Å². The number of hydrogen-bond acceptors (Lipinski definition) is 6. The Morgan fingerprint density at radius 2 is 2.29 bits per heavy atom. The number of β-amino-alcohol motifs (C(OH)–C–C–N with tert-alkyl or cyclic N) is 1. The molecule has 1 aromatic rings. The SMILES string of the molecule is CCN1CC(O)[N+]([O-])(c2nnc(C3CC3)s2)C1. The molecular weight excluding hydrogens is 240 g/mol. The van der Waals surface area contributed by atoms with Crippen molar-refractivity contribution in [2.45, 2.75) is 31.9 Å². The Labute approximate surface area is 104 Å². The molecule has 1 aliphatic heterocycles. The number of aromatic nitrogens is 2. The van der Waals surface area contributed by atoms with Crippen molar-refractivity contribution in [2.24, 2.45) is 0 Å². The molecule has 2 atom stereocenters. The third-order valence-corrected chi connectivity index (χ3v) is 4.64. The fraction of sp³-hybridized carbons (Fsp3) is 0.800. The normalized spacial score (nSPS) is 34.4. The van der Waals surface area contributed by atoms with Gasteiger partial charge < -0.3 is 10.3 Å². The minimum Gasteiger partial charge on any atom is -0.623 e. The summed E-state index contributed by atoms with van der Waals surface area (Å²) in [5.74, 6) is 0.509. The summed E-state index contributed by atoms with van der Waals surface area (Å²) in [6.45, 7) is 3.45. The third-order valence-electron chi connectivity index (χ3n) is 3.44. The first-order valence-corrected chi connectivity index (χ1v) is 6.78. The molecule has 0 spiro atoms. The lowest BCUT2D eigenvalue weighted by atomic mass is 10.5. The zero-order chi connectivity index (χ0) is 12.0. The largest absolute Gasteiger partial charge is 0.623 e. The number of hydroxylamine groups is 2. The number of quaternary nitrogens is 1. The van der Waals surface area contributed by atoms with Crippen LogP contribution in [0.2, 0.25) is 0 Å². The molecule has 2 aliphatic rings. The molecule has 1 saturated carbocycles. The van der Waals surface area contributed by atoms with Crippen molar-refractivity contribution in [3.8, 4) is 0 Å². The van der Waals surface area contributed by atoms with E-state index in [1.165, 1.54) is 11.3 Å². The Morgan fingerprint density at radius 3 is 2.88 bits per heavy atom. The van der Waals surface area contributed by atoms with E-state index in [1.807, 2.05) is 11.8 Å². The van der Waals surface area contributed by atoms with Gasteiger partial charge in [-0.05, 0) is 24.2 Å². The van der Waals surface area contributed by atoms with Gasteiger partial charge in [-0.15, -0.1) is 5.10 Å². The van der Waals surface area contributed by atoms with Gasteiger partial charge in [0.05, 0.1) is 6.54 Å². The number of hydrogen-bond donors (Lipinski definition) is 1. The fourth-order valence-electron chi connectivity index (χ4n) is 2.10. The molecule has 7 heteroatoms. The number of aliphatic hydroxyl groups is 1. The minimum absolute atomic E-state index is 0.275. The molecule has 2 heterocycles. The zero-order valence-corrected chi connectivity index (χ0v) is 10.6. The maximum Gasteiger partial charge on any atom is 0.309 e. The second kappa shape index (κ2) is 3.96. The highest BCUT2D eigenvalue weighted by Crippen LogP contribution is 2.44. The van der Waals surface area contributed by atoms with Crippen molar-refractivity contribution in [2.75, 3.05) is 19.8 Å². The zero-order valence-electron chi connectivity index (χ0n) is 9.74. The van der Waals surface area contributed by atoms with E-state index in [0.29, 0.717) is 17.6 Å². The van der Waals surface area contributed by atoms with Crippen LogP contribution in [-0.2, 0) is 0 Å². The predicted molar refractivity (Wildman–Crippen MR) is 65.2 cm³/mol. The smallest absolute Gasteiger partial charge is 0.309 e. The van der Waals surface area contributed by atoms with Gasteiger partial charge in [0, 0.05) is 12.5 Å². The van der Waals surface area contributed by atoms with Crippen molar-refractivity contribution >= 4 is 16.5 Å². The molecule has 1 saturated heterocycles. The number of nitrogens with zero attached hydrogens (tertiary/aromatic N) is 4. The van der Waals surface area contributed by atoms with Crippen LogP contribution in [0.25, 0.3) is 0 Å². The van der Waals surface area contributed by atoms with Crippen LogP contribution in [0.3, 0.4) is 0 Å². The maximum absolute atomic E-state index is 12.6. The molecule has 0 bridgehead atoms. The Kier molecular flexibility index (Phi) is 2.68. The van der Waals surface area contributed by atoms with Gasteiger partial charge in [-0.2, -0.15) is 0 Å². The average Bonchev–Trinajstić information content (AvgIpc) is 2.96. The summed E-state index contributed by atoms with van der Waals surface area (Å²) in [6.07, 6.45) is 1.36. The number of aliphatic hydroxyl groups excluding tert-OH is 1. The Balaban J connectivity index is 1.85. The average molecular weight is 256 g/mol. The third kappa shape index (κ3) is 1.88. The van der Waals surface area contributed by atoms with E-state index in [2.05, 4.69) is 10.2 Å². The van der Waals surface area contributed by atoms with Gasteiger partial charge in [0.2, 0.25) is 6.23 Å². The first kappa shape index (κ1) is 11.5. The summed E-state index contributed by atoms with van der Waals surface area (Å²) >= 11 is 1.37. The standard InChI is InChI=1S/C10H16N4O2S/c1-2-13-5-8(15)14(16,6-13)10-12-11-9(17-10)7-3-4-7/h7-8,15H,2-6H2,1H3. The van der Waals surface area contributed by atoms with Crippen LogP contribution in [0.5, 0.6) is 0 Å². The molecule has 2 fully saturated rings. The van der Waals surface area contributed by atoms with Crippen molar-refractivity contribution in [1.29, 1.82) is 0 Å². The van der Waals surface area contributed by atoms with E-state index in [9.17, 15) is 10.3 Å². The lowest BCUT2D eigenvalue weighted by Gasteiger charge is -2.36. The molecule has 3 rings (SSSR count). The van der Waals surface area contributed by atoms with Gasteiger partial charge in [-0.1, -0.05) is 12.0 Å². The highest BCUT2D eigenvalue weighted by molar-refractivity contribution is 7.15. The quantitative estimate of drug-likeness (QED) is 0.640. The topological polar surface area (TPSA) is 72.3 Å². The summed E-state index contributed by atoms with van der Waals surface area (Å²) in [4.78, 5) is 1.94. The molecular formula is C10H16N4O2S. The summed E-state index contributed by atoms with van der Waals surface area (Å²) in [6, 6.07) is 0. The van der Waals surface area contributed by atoms with Crippen LogP contribution in [0.1, 0.15) is 30.7 Å². The lowest BCUT2D eigenvalue weighted by Crippen LogP contribution is -2.48. The molecule has 0 amide bonds. The summed E-state index contributed by atoms with van der Waals surface area (Å²) in [7, 11) is 0. The molecule has 17 heavy (non-hydrogen) atoms. The summed E-state index contributed by atoms with van der Waals surface area (Å²) < 4.78 is -0.752. The van der Waals surface area contributed by atoms with Gasteiger partial charge in [0.25, 0.3) is 0 Å². The van der Waals surface area contributed by atoms with Gasteiger partial charge in [-0.3, -0.25) is 4.65 Å². The van der Waals surface area contributed by atoms with E-state index in [1.54, 1.807) is 0 Å². The van der Waals surface area contributed by atoms with Crippen LogP contribution >= 0.6 is 11.3 Å². The second-order valence-electron chi connectivity index (χ2n) is 4.78. The highest BCUT2D eigenvalue weighted by Gasteiger charge is 2.43. The highest BCUT2D eigenvalue weighted by atomic mass is 32.1. The summed E-state index contributed by atoms with van der Waals surface area (Å²) in [5.41, 5.74) is 0. The van der Waals surface area contributed by atoms with Gasteiger partial charge in [-0.25, -0.2) is 4.90 Å². The second-order valence-corrected chi connectivity index (χ2v) is 5.77. The number of rotatable bonds is 3. The molecule has 6 nitrogen and oxygen atoms in total. The first-order valence-electron chi connectivity index (χ1n) is 5.96. The van der Waals surface area contributed by atoms with Gasteiger partial charge in [0.15, 0.2) is 0 Å². The van der Waals surface area contributed by atoms with Crippen molar-refractivity contribution in [3.63, 3.8) is 0 Å². The molecule has 0 radical (unpaired) electrons. The Bertz CT molecular complexity index is 422. The Morgan fingerprint density at radius 1 is 1.53 bits per heavy atom. The first-order chi connectivity index (χ1) is 8.13. The predicted octanol–water partition coefficient (Wildman–Crippen LogP) is 0.832. The van der Waals surface area contributed by atoms with Crippen LogP contribution in [0.15, 0.2) is 0 Å². The molecule has 1 N–H and O–H groups in total. The molecule has 1 aromatic heterocycles. The van der Waals surface area contributed by atoms with Crippen molar-refractivity contribution in [1.82, 2.24) is 19.7 Å². The Hall–Kier alpha value is -0.600. The molecule has 1 aliphatic carbocycles. The molecule has 0 aromatic carbocycles. The summed E-state index contributed by atoms with van der Waals surface area (Å²) in [5, 5.41) is 32.0.